The van der Waals surface area contributed by atoms with Crippen LogP contribution in [0.5, 0.6) is 5.75 Å². The second-order valence-electron chi connectivity index (χ2n) is 5.06. The van der Waals surface area contributed by atoms with Crippen molar-refractivity contribution < 1.29 is 27.6 Å². The zero-order valence-corrected chi connectivity index (χ0v) is 14.7. The average molecular weight is 406 g/mol. The summed E-state index contributed by atoms with van der Waals surface area (Å²) in [5.74, 6) is 3.43. The molecule has 3 N–H and O–H groups in total. The van der Waals surface area contributed by atoms with E-state index in [2.05, 4.69) is 15.5 Å². The summed E-state index contributed by atoms with van der Waals surface area (Å²) in [5, 5.41) is 18.3. The predicted octanol–water partition coefficient (Wildman–Crippen LogP) is 2.05. The number of rotatable bonds is 6. The molecule has 2 aromatic rings. The molecule has 146 valence electrons. The van der Waals surface area contributed by atoms with Gasteiger partial charge in [-0.1, -0.05) is 11.8 Å². The Bertz CT molecular complexity index is 872. The number of carbonyl (C=O) groups is 1. The van der Waals surface area contributed by atoms with Crippen LogP contribution in [0.2, 0.25) is 0 Å². The number of amides is 1. The number of nitro benzene ring substituents is 1. The fraction of sp³-hybridized carbons (Fsp3) is 0.308. The van der Waals surface area contributed by atoms with Crippen molar-refractivity contribution in [2.24, 2.45) is 0 Å². The number of nitrogens with one attached hydrogen (secondary N) is 1. The topological polar surface area (TPSA) is 138 Å². The first-order valence-electron chi connectivity index (χ1n) is 7.12. The van der Waals surface area contributed by atoms with Crippen LogP contribution in [-0.4, -0.2) is 38.1 Å². The zero-order chi connectivity index (χ0) is 20.4. The molecular formula is C13H13F3N6O4S. The molecule has 1 heterocycles. The lowest BCUT2D eigenvalue weighted by Gasteiger charge is -2.14. The maximum atomic E-state index is 12.7. The molecule has 0 radical (unpaired) electrons. The summed E-state index contributed by atoms with van der Waals surface area (Å²) in [6.07, 6.45) is -4.79. The van der Waals surface area contributed by atoms with Crippen molar-refractivity contribution in [3.63, 3.8) is 0 Å². The Labute approximate surface area is 154 Å². The molecule has 14 heteroatoms. The Balaban J connectivity index is 2.16. The first-order chi connectivity index (χ1) is 12.5. The van der Waals surface area contributed by atoms with Crippen LogP contribution in [0.1, 0.15) is 12.7 Å². The summed E-state index contributed by atoms with van der Waals surface area (Å²) >= 11 is 0.636. The average Bonchev–Trinajstić information content (AvgIpc) is 2.95. The number of hydrogen-bond donors (Lipinski definition) is 2. The number of methoxy groups -OCH3 is 1. The number of halogens is 3. The maximum Gasteiger partial charge on any atom is 0.453 e. The van der Waals surface area contributed by atoms with Crippen molar-refractivity contribution in [3.05, 3.63) is 34.1 Å². The maximum absolute atomic E-state index is 12.7. The molecule has 0 aliphatic rings. The molecule has 27 heavy (non-hydrogen) atoms. The van der Waals surface area contributed by atoms with Crippen LogP contribution in [0.4, 0.5) is 24.5 Å². The van der Waals surface area contributed by atoms with E-state index in [1.807, 2.05) is 0 Å². The van der Waals surface area contributed by atoms with Gasteiger partial charge in [-0.15, -0.1) is 10.2 Å². The fourth-order valence-corrected chi connectivity index (χ4v) is 2.67. The Kier molecular flexibility index (Phi) is 5.78. The van der Waals surface area contributed by atoms with Gasteiger partial charge in [0.2, 0.25) is 11.1 Å². The van der Waals surface area contributed by atoms with Crippen LogP contribution >= 0.6 is 11.8 Å². The number of nitrogens with two attached hydrogens (primary N) is 1. The molecule has 10 nitrogen and oxygen atoms in total. The summed E-state index contributed by atoms with van der Waals surface area (Å²) in [6, 6.07) is 3.60. The Morgan fingerprint density at radius 3 is 2.63 bits per heavy atom. The minimum absolute atomic E-state index is 0.0364. The highest BCUT2D eigenvalue weighted by Crippen LogP contribution is 2.32. The second-order valence-corrected chi connectivity index (χ2v) is 6.37. The number of anilines is 1. The van der Waals surface area contributed by atoms with Crippen molar-refractivity contribution in [3.8, 4) is 5.75 Å². The highest BCUT2D eigenvalue weighted by atomic mass is 32.2. The molecule has 1 aromatic carbocycles. The minimum Gasteiger partial charge on any atom is -0.495 e. The third-order valence-electron chi connectivity index (χ3n) is 3.22. The van der Waals surface area contributed by atoms with E-state index in [4.69, 9.17) is 10.6 Å². The molecule has 0 fully saturated rings. The van der Waals surface area contributed by atoms with Gasteiger partial charge in [-0.05, 0) is 13.0 Å². The van der Waals surface area contributed by atoms with Gasteiger partial charge in [0.15, 0.2) is 0 Å². The molecular weight excluding hydrogens is 393 g/mol. The number of ether oxygens (including phenoxy) is 1. The summed E-state index contributed by atoms with van der Waals surface area (Å²) in [6.45, 7) is 1.39. The monoisotopic (exact) mass is 406 g/mol. The van der Waals surface area contributed by atoms with Crippen LogP contribution in [0.25, 0.3) is 0 Å². The van der Waals surface area contributed by atoms with Crippen LogP contribution in [0.15, 0.2) is 23.4 Å². The summed E-state index contributed by atoms with van der Waals surface area (Å²) in [5.41, 5.74) is -0.239. The lowest BCUT2D eigenvalue weighted by atomic mass is 10.2. The van der Waals surface area contributed by atoms with Gasteiger partial charge in [-0.25, -0.2) is 4.68 Å². The Morgan fingerprint density at radius 2 is 2.11 bits per heavy atom. The summed E-state index contributed by atoms with van der Waals surface area (Å²) in [4.78, 5) is 22.5. The van der Waals surface area contributed by atoms with Gasteiger partial charge >= 0.3 is 6.18 Å². The standard InChI is InChI=1S/C13H13F3N6O4S/c1-6(27-12-20-19-11(21(12)17)13(14,15)16)10(23)18-8-5-7(22(24)25)3-4-9(8)26-2/h3-6H,17H2,1-2H3,(H,18,23). The molecule has 1 unspecified atom stereocenters. The van der Waals surface area contributed by atoms with Gasteiger partial charge in [0, 0.05) is 12.1 Å². The minimum atomic E-state index is -4.79. The van der Waals surface area contributed by atoms with Crippen LogP contribution in [0.3, 0.4) is 0 Å². The first kappa shape index (κ1) is 20.3. The van der Waals surface area contributed by atoms with Gasteiger partial charge in [0.1, 0.15) is 5.75 Å². The fourth-order valence-electron chi connectivity index (χ4n) is 1.90. The zero-order valence-electron chi connectivity index (χ0n) is 13.9. The van der Waals surface area contributed by atoms with Crippen LogP contribution < -0.4 is 15.9 Å². The Hall–Kier alpha value is -3.03. The third kappa shape index (κ3) is 4.58. The van der Waals surface area contributed by atoms with Crippen LogP contribution in [0, 0.1) is 10.1 Å². The number of hydrogen-bond acceptors (Lipinski definition) is 8. The molecule has 0 aliphatic heterocycles. The van der Waals surface area contributed by atoms with Crippen molar-refractivity contribution in [1.82, 2.24) is 14.9 Å². The molecule has 2 rings (SSSR count). The summed E-state index contributed by atoms with van der Waals surface area (Å²) < 4.78 is 43.3. The molecule has 0 spiro atoms. The van der Waals surface area contributed by atoms with Gasteiger partial charge < -0.3 is 15.9 Å². The van der Waals surface area contributed by atoms with Crippen molar-refractivity contribution in [1.29, 1.82) is 0 Å². The summed E-state index contributed by atoms with van der Waals surface area (Å²) in [7, 11) is 1.31. The van der Waals surface area contributed by atoms with Crippen molar-refractivity contribution in [2.45, 2.75) is 23.5 Å². The first-order valence-corrected chi connectivity index (χ1v) is 8.00. The number of thioether (sulfide) groups is 1. The van der Waals surface area contributed by atoms with Gasteiger partial charge in [0.25, 0.3) is 11.5 Å². The second kappa shape index (κ2) is 7.69. The number of alkyl halides is 3. The van der Waals surface area contributed by atoms with E-state index in [-0.39, 0.29) is 27.0 Å². The number of aromatic nitrogens is 3. The molecule has 1 amide bonds. The molecule has 1 atom stereocenters. The van der Waals surface area contributed by atoms with Crippen molar-refractivity contribution in [2.75, 3.05) is 18.3 Å². The number of nitrogen functional groups attached to an aromatic ring is 1. The molecule has 0 saturated carbocycles. The quantitative estimate of drug-likeness (QED) is 0.322. The van der Waals surface area contributed by atoms with E-state index in [0.717, 1.165) is 6.07 Å². The van der Waals surface area contributed by atoms with E-state index >= 15 is 0 Å². The van der Waals surface area contributed by atoms with E-state index in [9.17, 15) is 28.1 Å². The predicted molar refractivity (Wildman–Crippen MR) is 88.8 cm³/mol. The largest absolute Gasteiger partial charge is 0.495 e. The number of nitrogens with zero attached hydrogens (tertiary/aromatic N) is 4. The van der Waals surface area contributed by atoms with Gasteiger partial charge in [-0.3, -0.25) is 14.9 Å². The number of non-ortho nitro benzene ring substituents is 1. The molecule has 0 saturated heterocycles. The number of nitro groups is 1. The Morgan fingerprint density at radius 1 is 1.44 bits per heavy atom. The van der Waals surface area contributed by atoms with E-state index in [1.54, 1.807) is 0 Å². The normalized spacial score (nSPS) is 12.5. The van der Waals surface area contributed by atoms with Crippen LogP contribution in [-0.2, 0) is 11.0 Å². The SMILES string of the molecule is COc1ccc([N+](=O)[O-])cc1NC(=O)C(C)Sc1nnc(C(F)(F)F)n1N. The van der Waals surface area contributed by atoms with Crippen molar-refractivity contribution >= 4 is 29.0 Å². The number of carbonyl (C=O) groups excluding carboxylic acids is 1. The van der Waals surface area contributed by atoms with Gasteiger partial charge in [-0.2, -0.15) is 13.2 Å². The lowest BCUT2D eigenvalue weighted by Crippen LogP contribution is -2.25. The smallest absolute Gasteiger partial charge is 0.453 e. The lowest BCUT2D eigenvalue weighted by molar-refractivity contribution is -0.384. The van der Waals surface area contributed by atoms with Gasteiger partial charge in [0.05, 0.1) is 23.0 Å². The molecule has 1 aromatic heterocycles. The van der Waals surface area contributed by atoms with E-state index in [0.29, 0.717) is 11.8 Å². The third-order valence-corrected chi connectivity index (χ3v) is 4.28. The number of benzene rings is 1. The molecule has 0 aliphatic carbocycles. The highest BCUT2D eigenvalue weighted by molar-refractivity contribution is 8.00. The highest BCUT2D eigenvalue weighted by Gasteiger charge is 2.38. The van der Waals surface area contributed by atoms with E-state index in [1.165, 1.54) is 26.2 Å². The molecule has 0 bridgehead atoms. The van der Waals surface area contributed by atoms with E-state index < -0.39 is 28.1 Å².